The minimum atomic E-state index is 0.809. The molecule has 0 saturated heterocycles. The van der Waals surface area contributed by atoms with Crippen molar-refractivity contribution >= 4 is 10.8 Å². The summed E-state index contributed by atoms with van der Waals surface area (Å²) in [5.41, 5.74) is 5.78. The minimum absolute atomic E-state index is 0.809. The molecule has 156 valence electrons. The van der Waals surface area contributed by atoms with Crippen LogP contribution in [0.4, 0.5) is 0 Å². The molecule has 0 radical (unpaired) electrons. The van der Waals surface area contributed by atoms with Crippen molar-refractivity contribution in [3.8, 4) is 45.1 Å². The van der Waals surface area contributed by atoms with Gasteiger partial charge in [0.15, 0.2) is 0 Å². The molecule has 0 bridgehead atoms. The highest BCUT2D eigenvalue weighted by Gasteiger charge is 2.15. The average Bonchev–Trinajstić information content (AvgIpc) is 2.88. The number of nitrogens with zero attached hydrogens (tertiary/aromatic N) is 2. The van der Waals surface area contributed by atoms with E-state index in [0.717, 1.165) is 45.1 Å². The van der Waals surface area contributed by atoms with Crippen molar-refractivity contribution < 1.29 is 9.47 Å². The summed E-state index contributed by atoms with van der Waals surface area (Å²) in [6.45, 7) is 0. The summed E-state index contributed by atoms with van der Waals surface area (Å²) < 4.78 is 10.6. The van der Waals surface area contributed by atoms with Gasteiger partial charge in [0.25, 0.3) is 0 Å². The molecule has 4 nitrogen and oxygen atoms in total. The molecule has 5 aromatic rings. The van der Waals surface area contributed by atoms with Crippen LogP contribution in [0.5, 0.6) is 11.5 Å². The first-order valence-electron chi connectivity index (χ1n) is 10.4. The summed E-state index contributed by atoms with van der Waals surface area (Å²) in [5, 5.41) is 11.6. The number of fused-ring (bicyclic) bond motifs is 1. The summed E-state index contributed by atoms with van der Waals surface area (Å²) in [6, 6.07) is 32.7. The third kappa shape index (κ3) is 3.67. The Labute approximate surface area is 187 Å². The van der Waals surface area contributed by atoms with Gasteiger partial charge in [-0.15, -0.1) is 10.2 Å². The first kappa shape index (κ1) is 19.8. The van der Waals surface area contributed by atoms with Crippen LogP contribution >= 0.6 is 0 Å². The van der Waals surface area contributed by atoms with E-state index in [1.165, 1.54) is 10.8 Å². The Morgan fingerprint density at radius 2 is 1.19 bits per heavy atom. The van der Waals surface area contributed by atoms with Gasteiger partial charge in [-0.05, 0) is 70.9 Å². The lowest BCUT2D eigenvalue weighted by Crippen LogP contribution is -1.96. The van der Waals surface area contributed by atoms with Gasteiger partial charge in [0.1, 0.15) is 17.2 Å². The highest BCUT2D eigenvalue weighted by Crippen LogP contribution is 2.37. The van der Waals surface area contributed by atoms with E-state index < -0.39 is 0 Å². The van der Waals surface area contributed by atoms with E-state index in [2.05, 4.69) is 58.7 Å². The van der Waals surface area contributed by atoms with Gasteiger partial charge in [-0.2, -0.15) is 0 Å². The molecule has 1 heterocycles. The molecule has 0 N–H and O–H groups in total. The van der Waals surface area contributed by atoms with Crippen LogP contribution in [0.2, 0.25) is 0 Å². The molecule has 1 aromatic heterocycles. The van der Waals surface area contributed by atoms with Crippen molar-refractivity contribution in [3.63, 3.8) is 0 Å². The molecule has 0 aliphatic carbocycles. The van der Waals surface area contributed by atoms with Gasteiger partial charge in [0.2, 0.25) is 0 Å². The standard InChI is InChI=1S/C28H22N2O2/c1-31-22-14-10-20(11-15-22)27-18-26(25-9-5-7-19-6-3-4-8-24(19)25)28(30-29-27)21-12-16-23(32-2)17-13-21/h3-18H,1-2H3. The Morgan fingerprint density at radius 1 is 0.562 bits per heavy atom. The molecule has 0 saturated carbocycles. The van der Waals surface area contributed by atoms with Crippen molar-refractivity contribution in [2.24, 2.45) is 0 Å². The van der Waals surface area contributed by atoms with E-state index in [9.17, 15) is 0 Å². The highest BCUT2D eigenvalue weighted by molar-refractivity contribution is 6.00. The minimum Gasteiger partial charge on any atom is -0.497 e. The number of benzene rings is 4. The fourth-order valence-electron chi connectivity index (χ4n) is 3.92. The fourth-order valence-corrected chi connectivity index (χ4v) is 3.92. The first-order valence-corrected chi connectivity index (χ1v) is 10.4. The van der Waals surface area contributed by atoms with E-state index in [1.807, 2.05) is 48.5 Å². The van der Waals surface area contributed by atoms with Gasteiger partial charge in [0.05, 0.1) is 19.9 Å². The SMILES string of the molecule is COc1ccc(-c2cc(-c3cccc4ccccc34)c(-c3ccc(OC)cc3)nn2)cc1. The number of rotatable bonds is 5. The monoisotopic (exact) mass is 418 g/mol. The second-order valence-corrected chi connectivity index (χ2v) is 7.48. The van der Waals surface area contributed by atoms with Crippen molar-refractivity contribution in [3.05, 3.63) is 97.1 Å². The summed E-state index contributed by atoms with van der Waals surface area (Å²) in [5.74, 6) is 1.62. The number of aromatic nitrogens is 2. The molecule has 0 atom stereocenters. The Morgan fingerprint density at radius 3 is 1.88 bits per heavy atom. The van der Waals surface area contributed by atoms with Gasteiger partial charge in [0, 0.05) is 16.7 Å². The normalized spacial score (nSPS) is 10.8. The van der Waals surface area contributed by atoms with Crippen LogP contribution in [0.15, 0.2) is 97.1 Å². The Bertz CT molecular complexity index is 1370. The van der Waals surface area contributed by atoms with E-state index in [0.29, 0.717) is 0 Å². The Balaban J connectivity index is 1.73. The summed E-state index contributed by atoms with van der Waals surface area (Å²) in [6.07, 6.45) is 0. The third-order valence-corrected chi connectivity index (χ3v) is 5.62. The molecule has 0 aliphatic rings. The second kappa shape index (κ2) is 8.52. The van der Waals surface area contributed by atoms with Crippen LogP contribution in [0.3, 0.4) is 0 Å². The van der Waals surface area contributed by atoms with E-state index >= 15 is 0 Å². The van der Waals surface area contributed by atoms with Crippen LogP contribution in [-0.4, -0.2) is 24.4 Å². The molecule has 0 aliphatic heterocycles. The van der Waals surface area contributed by atoms with E-state index in [-0.39, 0.29) is 0 Å². The lowest BCUT2D eigenvalue weighted by molar-refractivity contribution is 0.414. The molecule has 4 aromatic carbocycles. The number of methoxy groups -OCH3 is 2. The van der Waals surface area contributed by atoms with Crippen LogP contribution in [0, 0.1) is 0 Å². The van der Waals surface area contributed by atoms with Gasteiger partial charge >= 0.3 is 0 Å². The zero-order chi connectivity index (χ0) is 21.9. The maximum atomic E-state index is 5.33. The molecule has 0 amide bonds. The molecular weight excluding hydrogens is 396 g/mol. The fraction of sp³-hybridized carbons (Fsp3) is 0.0714. The van der Waals surface area contributed by atoms with Crippen LogP contribution < -0.4 is 9.47 Å². The van der Waals surface area contributed by atoms with Crippen molar-refractivity contribution in [2.75, 3.05) is 14.2 Å². The maximum Gasteiger partial charge on any atom is 0.118 e. The van der Waals surface area contributed by atoms with Gasteiger partial charge in [-0.3, -0.25) is 0 Å². The van der Waals surface area contributed by atoms with Crippen LogP contribution in [-0.2, 0) is 0 Å². The van der Waals surface area contributed by atoms with Crippen LogP contribution in [0.1, 0.15) is 0 Å². The smallest absolute Gasteiger partial charge is 0.118 e. The predicted octanol–water partition coefficient (Wildman–Crippen LogP) is 6.65. The molecule has 0 unspecified atom stereocenters. The second-order valence-electron chi connectivity index (χ2n) is 7.48. The Kier molecular flexibility index (Phi) is 5.26. The van der Waals surface area contributed by atoms with Gasteiger partial charge < -0.3 is 9.47 Å². The first-order chi connectivity index (χ1) is 15.8. The topological polar surface area (TPSA) is 44.2 Å². The maximum absolute atomic E-state index is 5.33. The van der Waals surface area contributed by atoms with Crippen LogP contribution in [0.25, 0.3) is 44.4 Å². The van der Waals surface area contributed by atoms with E-state index in [1.54, 1.807) is 14.2 Å². The zero-order valence-electron chi connectivity index (χ0n) is 17.9. The molecule has 4 heteroatoms. The number of hydrogen-bond acceptors (Lipinski definition) is 4. The summed E-state index contributed by atoms with van der Waals surface area (Å²) in [7, 11) is 3.33. The lowest BCUT2D eigenvalue weighted by Gasteiger charge is -2.13. The number of hydrogen-bond donors (Lipinski definition) is 0. The summed E-state index contributed by atoms with van der Waals surface area (Å²) in [4.78, 5) is 0. The average molecular weight is 418 g/mol. The Hall–Kier alpha value is -4.18. The van der Waals surface area contributed by atoms with Crippen molar-refractivity contribution in [1.82, 2.24) is 10.2 Å². The quantitative estimate of drug-likeness (QED) is 0.321. The zero-order valence-corrected chi connectivity index (χ0v) is 17.9. The largest absolute Gasteiger partial charge is 0.497 e. The lowest BCUT2D eigenvalue weighted by atomic mass is 9.94. The highest BCUT2D eigenvalue weighted by atomic mass is 16.5. The summed E-state index contributed by atoms with van der Waals surface area (Å²) >= 11 is 0. The molecular formula is C28H22N2O2. The molecule has 32 heavy (non-hydrogen) atoms. The van der Waals surface area contributed by atoms with Gasteiger partial charge in [-0.25, -0.2) is 0 Å². The van der Waals surface area contributed by atoms with Crippen molar-refractivity contribution in [1.29, 1.82) is 0 Å². The molecule has 5 rings (SSSR count). The predicted molar refractivity (Wildman–Crippen MR) is 129 cm³/mol. The molecule has 0 spiro atoms. The number of ether oxygens (including phenoxy) is 2. The van der Waals surface area contributed by atoms with Crippen molar-refractivity contribution in [2.45, 2.75) is 0 Å². The van der Waals surface area contributed by atoms with E-state index in [4.69, 9.17) is 9.47 Å². The molecule has 0 fully saturated rings. The van der Waals surface area contributed by atoms with Gasteiger partial charge in [-0.1, -0.05) is 42.5 Å². The third-order valence-electron chi connectivity index (χ3n) is 5.62.